The lowest BCUT2D eigenvalue weighted by Crippen LogP contribution is -2.44. The van der Waals surface area contributed by atoms with Gasteiger partial charge in [-0.25, -0.2) is 4.39 Å². The Balaban J connectivity index is 2.21. The van der Waals surface area contributed by atoms with Gasteiger partial charge < -0.3 is 5.73 Å². The van der Waals surface area contributed by atoms with Gasteiger partial charge in [-0.1, -0.05) is 26.0 Å². The largest absolute Gasteiger partial charge is 0.329 e. The van der Waals surface area contributed by atoms with Gasteiger partial charge in [0.25, 0.3) is 0 Å². The van der Waals surface area contributed by atoms with E-state index < -0.39 is 0 Å². The van der Waals surface area contributed by atoms with Gasteiger partial charge in [0.05, 0.1) is 0 Å². The van der Waals surface area contributed by atoms with Crippen LogP contribution < -0.4 is 5.73 Å². The highest BCUT2D eigenvalue weighted by molar-refractivity contribution is 8.00. The second-order valence-electron chi connectivity index (χ2n) is 5.47. The summed E-state index contributed by atoms with van der Waals surface area (Å²) in [5.41, 5.74) is 7.80. The highest BCUT2D eigenvalue weighted by Crippen LogP contribution is 2.31. The molecule has 1 aliphatic rings. The number of thioether (sulfide) groups is 1. The van der Waals surface area contributed by atoms with Gasteiger partial charge in [0.15, 0.2) is 0 Å². The molecule has 3 atom stereocenters. The smallest absolute Gasteiger partial charge is 0.126 e. The minimum absolute atomic E-state index is 0.143. The van der Waals surface area contributed by atoms with Crippen LogP contribution in [0.3, 0.4) is 0 Å². The molecule has 19 heavy (non-hydrogen) atoms. The lowest BCUT2D eigenvalue weighted by atomic mass is 10.0. The van der Waals surface area contributed by atoms with Gasteiger partial charge in [-0.2, -0.15) is 11.8 Å². The molecule has 0 aliphatic carbocycles. The summed E-state index contributed by atoms with van der Waals surface area (Å²) in [6, 6.07) is 5.56. The molecule has 1 saturated heterocycles. The molecule has 0 saturated carbocycles. The van der Waals surface area contributed by atoms with E-state index in [9.17, 15) is 4.39 Å². The quantitative estimate of drug-likeness (QED) is 0.924. The molecule has 0 bridgehead atoms. The maximum absolute atomic E-state index is 13.4. The number of nitrogens with zero attached hydrogens (tertiary/aromatic N) is 1. The predicted molar refractivity (Wildman–Crippen MR) is 81.0 cm³/mol. The molecule has 0 aromatic heterocycles. The summed E-state index contributed by atoms with van der Waals surface area (Å²) in [6.45, 7) is 9.01. The van der Waals surface area contributed by atoms with Crippen molar-refractivity contribution in [3.63, 3.8) is 0 Å². The molecule has 2 N–H and O–H groups in total. The van der Waals surface area contributed by atoms with Crippen LogP contribution in [0.5, 0.6) is 0 Å². The Morgan fingerprint density at radius 1 is 1.37 bits per heavy atom. The Bertz CT molecular complexity index is 428. The van der Waals surface area contributed by atoms with Crippen molar-refractivity contribution in [2.75, 3.05) is 19.6 Å². The Morgan fingerprint density at radius 3 is 2.53 bits per heavy atom. The number of hydrogen-bond donors (Lipinski definition) is 1. The minimum Gasteiger partial charge on any atom is -0.329 e. The zero-order valence-corrected chi connectivity index (χ0v) is 12.7. The van der Waals surface area contributed by atoms with E-state index in [1.165, 1.54) is 0 Å². The average molecular weight is 282 g/mol. The fraction of sp³-hybridized carbons (Fsp3) is 0.600. The van der Waals surface area contributed by atoms with Crippen LogP contribution in [0.25, 0.3) is 0 Å². The molecule has 0 radical (unpaired) electrons. The van der Waals surface area contributed by atoms with Crippen molar-refractivity contribution in [2.24, 2.45) is 5.73 Å². The number of nitrogens with two attached hydrogens (primary N) is 1. The van der Waals surface area contributed by atoms with Crippen molar-refractivity contribution < 1.29 is 4.39 Å². The summed E-state index contributed by atoms with van der Waals surface area (Å²) < 4.78 is 13.4. The second kappa shape index (κ2) is 6.25. The van der Waals surface area contributed by atoms with Gasteiger partial charge in [-0.05, 0) is 24.1 Å². The van der Waals surface area contributed by atoms with Crippen LogP contribution in [0.15, 0.2) is 18.2 Å². The van der Waals surface area contributed by atoms with Crippen molar-refractivity contribution in [3.8, 4) is 0 Å². The third kappa shape index (κ3) is 3.50. The molecule has 1 aliphatic heterocycles. The molecule has 106 valence electrons. The first-order chi connectivity index (χ1) is 9.01. The lowest BCUT2D eigenvalue weighted by molar-refractivity contribution is 0.199. The van der Waals surface area contributed by atoms with Crippen LogP contribution in [-0.4, -0.2) is 35.0 Å². The maximum atomic E-state index is 13.4. The van der Waals surface area contributed by atoms with Crippen LogP contribution in [-0.2, 0) is 0 Å². The number of rotatable bonds is 3. The monoisotopic (exact) mass is 282 g/mol. The van der Waals surface area contributed by atoms with E-state index in [1.54, 1.807) is 6.07 Å². The summed E-state index contributed by atoms with van der Waals surface area (Å²) in [6.07, 6.45) is 0. The van der Waals surface area contributed by atoms with Gasteiger partial charge in [0.2, 0.25) is 0 Å². The van der Waals surface area contributed by atoms with Crippen molar-refractivity contribution in [1.29, 1.82) is 0 Å². The number of aryl methyl sites for hydroxylation is 1. The van der Waals surface area contributed by atoms with E-state index in [0.29, 0.717) is 22.6 Å². The molecule has 1 aromatic rings. The molecular formula is C15H23FN2S. The molecule has 1 fully saturated rings. The Hall–Kier alpha value is -0.580. The third-order valence-electron chi connectivity index (χ3n) is 3.68. The Labute approximate surface area is 119 Å². The predicted octanol–water partition coefficient (Wildman–Crippen LogP) is 2.96. The SMILES string of the molecule is Cc1cc(C(CN)N2CC(C)SC(C)C2)ccc1F. The molecule has 3 unspecified atom stereocenters. The van der Waals surface area contributed by atoms with Crippen molar-refractivity contribution in [2.45, 2.75) is 37.3 Å². The lowest BCUT2D eigenvalue weighted by Gasteiger charge is -2.39. The third-order valence-corrected chi connectivity index (χ3v) is 4.91. The normalized spacial score (nSPS) is 26.4. The molecular weight excluding hydrogens is 259 g/mol. The maximum Gasteiger partial charge on any atom is 0.126 e. The van der Waals surface area contributed by atoms with E-state index in [4.69, 9.17) is 5.73 Å². The topological polar surface area (TPSA) is 29.3 Å². The molecule has 2 rings (SSSR count). The van der Waals surface area contributed by atoms with Gasteiger partial charge in [0.1, 0.15) is 5.82 Å². The summed E-state index contributed by atoms with van der Waals surface area (Å²) in [7, 11) is 0. The van der Waals surface area contributed by atoms with Crippen LogP contribution >= 0.6 is 11.8 Å². The summed E-state index contributed by atoms with van der Waals surface area (Å²) in [4.78, 5) is 2.44. The van der Waals surface area contributed by atoms with Gasteiger partial charge in [-0.3, -0.25) is 4.90 Å². The number of halogens is 1. The van der Waals surface area contributed by atoms with E-state index in [1.807, 2.05) is 30.8 Å². The Kier molecular flexibility index (Phi) is 4.87. The van der Waals surface area contributed by atoms with E-state index in [-0.39, 0.29) is 11.9 Å². The first-order valence-corrected chi connectivity index (χ1v) is 7.81. The second-order valence-corrected chi connectivity index (χ2v) is 7.35. The van der Waals surface area contributed by atoms with Gasteiger partial charge in [-0.15, -0.1) is 0 Å². The zero-order chi connectivity index (χ0) is 14.0. The summed E-state index contributed by atoms with van der Waals surface area (Å²) in [5.74, 6) is -0.143. The molecule has 0 amide bonds. The Morgan fingerprint density at radius 2 is 2.00 bits per heavy atom. The molecule has 1 heterocycles. The summed E-state index contributed by atoms with van der Waals surface area (Å²) >= 11 is 2.03. The van der Waals surface area contributed by atoms with Crippen molar-refractivity contribution >= 4 is 11.8 Å². The van der Waals surface area contributed by atoms with Crippen LogP contribution in [0.1, 0.15) is 31.0 Å². The summed E-state index contributed by atoms with van der Waals surface area (Å²) in [5, 5.41) is 1.25. The molecule has 2 nitrogen and oxygen atoms in total. The molecule has 4 heteroatoms. The average Bonchev–Trinajstić information content (AvgIpc) is 2.33. The van der Waals surface area contributed by atoms with E-state index in [2.05, 4.69) is 18.7 Å². The first kappa shape index (κ1) is 14.8. The number of benzene rings is 1. The van der Waals surface area contributed by atoms with Crippen LogP contribution in [0.4, 0.5) is 4.39 Å². The van der Waals surface area contributed by atoms with Gasteiger partial charge >= 0.3 is 0 Å². The van der Waals surface area contributed by atoms with E-state index in [0.717, 1.165) is 18.7 Å². The standard InChI is InChI=1S/C15H23FN2S/c1-10-6-13(4-5-14(10)16)15(7-17)18-8-11(2)19-12(3)9-18/h4-6,11-12,15H,7-9,17H2,1-3H3. The number of hydrogen-bond acceptors (Lipinski definition) is 3. The fourth-order valence-electron chi connectivity index (χ4n) is 2.84. The van der Waals surface area contributed by atoms with Crippen molar-refractivity contribution in [3.05, 3.63) is 35.1 Å². The van der Waals surface area contributed by atoms with E-state index >= 15 is 0 Å². The molecule has 1 aromatic carbocycles. The van der Waals surface area contributed by atoms with Crippen molar-refractivity contribution in [1.82, 2.24) is 4.90 Å². The zero-order valence-electron chi connectivity index (χ0n) is 11.9. The first-order valence-electron chi connectivity index (χ1n) is 6.87. The van der Waals surface area contributed by atoms with Crippen LogP contribution in [0.2, 0.25) is 0 Å². The van der Waals surface area contributed by atoms with Crippen LogP contribution in [0, 0.1) is 12.7 Å². The van der Waals surface area contributed by atoms with Gasteiger partial charge in [0, 0.05) is 36.2 Å². The highest BCUT2D eigenvalue weighted by atomic mass is 32.2. The molecule has 0 spiro atoms. The fourth-order valence-corrected chi connectivity index (χ4v) is 4.19. The minimum atomic E-state index is -0.143. The highest BCUT2D eigenvalue weighted by Gasteiger charge is 2.28.